The van der Waals surface area contributed by atoms with Gasteiger partial charge in [0.05, 0.1) is 19.3 Å². The van der Waals surface area contributed by atoms with Gasteiger partial charge in [-0.2, -0.15) is 0 Å². The van der Waals surface area contributed by atoms with E-state index >= 15 is 0 Å². The first-order chi connectivity index (χ1) is 9.58. The molecule has 2 rings (SSSR count). The molecule has 3 heteroatoms. The Morgan fingerprint density at radius 3 is 2.30 bits per heavy atom. The Balaban J connectivity index is 2.01. The summed E-state index contributed by atoms with van der Waals surface area (Å²) in [6.07, 6.45) is 4.47. The smallest absolute Gasteiger partial charge is 0.119 e. The van der Waals surface area contributed by atoms with Crippen molar-refractivity contribution in [2.24, 2.45) is 11.8 Å². The van der Waals surface area contributed by atoms with Crippen LogP contribution in [0.25, 0.3) is 0 Å². The molecule has 1 saturated carbocycles. The van der Waals surface area contributed by atoms with Crippen LogP contribution < -0.4 is 10.1 Å². The molecular formula is C17H27NO2. The van der Waals surface area contributed by atoms with Crippen LogP contribution in [0.1, 0.15) is 39.5 Å². The Morgan fingerprint density at radius 1 is 1.25 bits per heavy atom. The quantitative estimate of drug-likeness (QED) is 0.862. The van der Waals surface area contributed by atoms with Gasteiger partial charge in [-0.15, -0.1) is 0 Å². The summed E-state index contributed by atoms with van der Waals surface area (Å²) in [5.41, 5.74) is 0.905. The van der Waals surface area contributed by atoms with Crippen LogP contribution in [0.5, 0.6) is 5.75 Å². The van der Waals surface area contributed by atoms with Gasteiger partial charge in [0, 0.05) is 5.69 Å². The minimum atomic E-state index is -0.153. The molecule has 1 fully saturated rings. The van der Waals surface area contributed by atoms with Gasteiger partial charge in [0.1, 0.15) is 5.75 Å². The van der Waals surface area contributed by atoms with Crippen molar-refractivity contribution in [3.8, 4) is 5.75 Å². The van der Waals surface area contributed by atoms with Crippen molar-refractivity contribution in [3.63, 3.8) is 0 Å². The lowest BCUT2D eigenvalue weighted by Crippen LogP contribution is -2.45. The number of benzene rings is 1. The second kappa shape index (κ2) is 6.49. The molecular weight excluding hydrogens is 250 g/mol. The van der Waals surface area contributed by atoms with Gasteiger partial charge in [-0.05, 0) is 61.8 Å². The fourth-order valence-electron chi connectivity index (χ4n) is 3.16. The summed E-state index contributed by atoms with van der Waals surface area (Å²) in [4.78, 5) is 0. The van der Waals surface area contributed by atoms with Gasteiger partial charge in [0.2, 0.25) is 0 Å². The third-order valence-corrected chi connectivity index (χ3v) is 4.73. The van der Waals surface area contributed by atoms with Crippen molar-refractivity contribution in [2.45, 2.75) is 45.1 Å². The normalized spacial score (nSPS) is 26.6. The van der Waals surface area contributed by atoms with E-state index in [4.69, 9.17) is 4.74 Å². The van der Waals surface area contributed by atoms with Gasteiger partial charge in [0.15, 0.2) is 0 Å². The Kier molecular flexibility index (Phi) is 4.92. The van der Waals surface area contributed by atoms with E-state index < -0.39 is 0 Å². The number of aliphatic hydroxyl groups excluding tert-OH is 1. The molecule has 20 heavy (non-hydrogen) atoms. The van der Waals surface area contributed by atoms with Crippen LogP contribution in [0, 0.1) is 11.8 Å². The average molecular weight is 277 g/mol. The summed E-state index contributed by atoms with van der Waals surface area (Å²) in [5, 5.41) is 13.4. The SMILES string of the molecule is COc1ccc(NC2(CO)CCC(C(C)C)CC2)cc1. The first-order valence-corrected chi connectivity index (χ1v) is 7.62. The molecule has 2 N–H and O–H groups in total. The van der Waals surface area contributed by atoms with Crippen LogP contribution in [-0.2, 0) is 0 Å². The number of hydrogen-bond acceptors (Lipinski definition) is 3. The topological polar surface area (TPSA) is 41.5 Å². The highest BCUT2D eigenvalue weighted by Crippen LogP contribution is 2.37. The van der Waals surface area contributed by atoms with Crippen molar-refractivity contribution in [2.75, 3.05) is 19.0 Å². The first-order valence-electron chi connectivity index (χ1n) is 7.62. The molecule has 0 heterocycles. The van der Waals surface area contributed by atoms with E-state index in [-0.39, 0.29) is 12.1 Å². The van der Waals surface area contributed by atoms with Gasteiger partial charge < -0.3 is 15.2 Å². The van der Waals surface area contributed by atoms with Crippen LogP contribution in [0.2, 0.25) is 0 Å². The van der Waals surface area contributed by atoms with Crippen molar-refractivity contribution in [1.29, 1.82) is 0 Å². The van der Waals surface area contributed by atoms with Gasteiger partial charge >= 0.3 is 0 Å². The van der Waals surface area contributed by atoms with Crippen LogP contribution in [0.3, 0.4) is 0 Å². The maximum atomic E-state index is 9.84. The largest absolute Gasteiger partial charge is 0.497 e. The lowest BCUT2D eigenvalue weighted by molar-refractivity contribution is 0.136. The standard InChI is InChI=1S/C17H27NO2/c1-13(2)14-8-10-17(12-19,11-9-14)18-15-4-6-16(20-3)7-5-15/h4-7,13-14,18-19H,8-12H2,1-3H3. The first kappa shape index (κ1) is 15.2. The molecule has 0 amide bonds. The Morgan fingerprint density at radius 2 is 1.85 bits per heavy atom. The van der Waals surface area contributed by atoms with Crippen LogP contribution in [0.15, 0.2) is 24.3 Å². The molecule has 3 nitrogen and oxygen atoms in total. The maximum Gasteiger partial charge on any atom is 0.119 e. The van der Waals surface area contributed by atoms with E-state index in [0.717, 1.165) is 36.1 Å². The third kappa shape index (κ3) is 3.45. The molecule has 0 bridgehead atoms. The zero-order valence-electron chi connectivity index (χ0n) is 12.9. The summed E-state index contributed by atoms with van der Waals surface area (Å²) in [5.74, 6) is 2.40. The second-order valence-corrected chi connectivity index (χ2v) is 6.37. The van der Waals surface area contributed by atoms with Crippen LogP contribution in [-0.4, -0.2) is 24.4 Å². The van der Waals surface area contributed by atoms with E-state index in [1.807, 2.05) is 24.3 Å². The zero-order chi connectivity index (χ0) is 14.6. The van der Waals surface area contributed by atoms with E-state index in [9.17, 15) is 5.11 Å². The maximum absolute atomic E-state index is 9.84. The lowest BCUT2D eigenvalue weighted by Gasteiger charge is -2.41. The van der Waals surface area contributed by atoms with Gasteiger partial charge in [0.25, 0.3) is 0 Å². The summed E-state index contributed by atoms with van der Waals surface area (Å²) in [7, 11) is 1.67. The molecule has 1 aliphatic carbocycles. The van der Waals surface area contributed by atoms with Gasteiger partial charge in [-0.25, -0.2) is 0 Å². The van der Waals surface area contributed by atoms with Crippen LogP contribution in [0.4, 0.5) is 5.69 Å². The van der Waals surface area contributed by atoms with E-state index in [0.29, 0.717) is 0 Å². The summed E-state index contributed by atoms with van der Waals surface area (Å²) >= 11 is 0. The molecule has 1 aromatic rings. The van der Waals surface area contributed by atoms with E-state index in [1.54, 1.807) is 7.11 Å². The van der Waals surface area contributed by atoms with Gasteiger partial charge in [-0.1, -0.05) is 13.8 Å². The molecule has 112 valence electrons. The Labute approximate surface area is 122 Å². The molecule has 0 aliphatic heterocycles. The predicted molar refractivity (Wildman–Crippen MR) is 83.2 cm³/mol. The molecule has 0 aromatic heterocycles. The summed E-state index contributed by atoms with van der Waals surface area (Å²) < 4.78 is 5.17. The monoisotopic (exact) mass is 277 g/mol. The van der Waals surface area contributed by atoms with Crippen molar-refractivity contribution in [3.05, 3.63) is 24.3 Å². The van der Waals surface area contributed by atoms with Gasteiger partial charge in [-0.3, -0.25) is 0 Å². The Hall–Kier alpha value is -1.22. The number of ether oxygens (including phenoxy) is 1. The minimum absolute atomic E-state index is 0.153. The molecule has 0 radical (unpaired) electrons. The molecule has 0 unspecified atom stereocenters. The number of anilines is 1. The van der Waals surface area contributed by atoms with Crippen LogP contribution >= 0.6 is 0 Å². The second-order valence-electron chi connectivity index (χ2n) is 6.37. The molecule has 0 saturated heterocycles. The summed E-state index contributed by atoms with van der Waals surface area (Å²) in [6, 6.07) is 7.94. The third-order valence-electron chi connectivity index (χ3n) is 4.73. The lowest BCUT2D eigenvalue weighted by atomic mass is 9.73. The zero-order valence-corrected chi connectivity index (χ0v) is 12.9. The highest BCUT2D eigenvalue weighted by molar-refractivity contribution is 5.48. The van der Waals surface area contributed by atoms with Crippen molar-refractivity contribution < 1.29 is 9.84 Å². The molecule has 1 aromatic carbocycles. The highest BCUT2D eigenvalue weighted by atomic mass is 16.5. The number of rotatable bonds is 5. The average Bonchev–Trinajstić information content (AvgIpc) is 2.48. The number of aliphatic hydroxyl groups is 1. The van der Waals surface area contributed by atoms with E-state index in [2.05, 4.69) is 19.2 Å². The molecule has 0 atom stereocenters. The number of methoxy groups -OCH3 is 1. The van der Waals surface area contributed by atoms with E-state index in [1.165, 1.54) is 12.8 Å². The number of nitrogens with one attached hydrogen (secondary N) is 1. The fraction of sp³-hybridized carbons (Fsp3) is 0.647. The number of hydrogen-bond donors (Lipinski definition) is 2. The molecule has 1 aliphatic rings. The van der Waals surface area contributed by atoms with Crippen molar-refractivity contribution >= 4 is 5.69 Å². The predicted octanol–water partition coefficient (Wildman–Crippen LogP) is 3.68. The summed E-state index contributed by atoms with van der Waals surface area (Å²) in [6.45, 7) is 4.80. The van der Waals surface area contributed by atoms with Crippen molar-refractivity contribution in [1.82, 2.24) is 0 Å². The highest BCUT2D eigenvalue weighted by Gasteiger charge is 2.35. The fourth-order valence-corrected chi connectivity index (χ4v) is 3.16. The molecule has 0 spiro atoms. The minimum Gasteiger partial charge on any atom is -0.497 e. The Bertz CT molecular complexity index is 406.